The van der Waals surface area contributed by atoms with Crippen LogP contribution in [0.5, 0.6) is 5.75 Å². The van der Waals surface area contributed by atoms with Crippen LogP contribution in [-0.2, 0) is 22.3 Å². The lowest BCUT2D eigenvalue weighted by molar-refractivity contribution is 0.102. The lowest BCUT2D eigenvalue weighted by Crippen LogP contribution is -2.17. The van der Waals surface area contributed by atoms with Gasteiger partial charge >= 0.3 is 0 Å². The Bertz CT molecular complexity index is 1290. The number of anilines is 1. The number of amides is 1. The summed E-state index contributed by atoms with van der Waals surface area (Å²) in [4.78, 5) is 13.2. The number of hydrogen-bond donors (Lipinski definition) is 1. The van der Waals surface area contributed by atoms with E-state index in [4.69, 9.17) is 4.74 Å². The van der Waals surface area contributed by atoms with Gasteiger partial charge in [0.2, 0.25) is 0 Å². The summed E-state index contributed by atoms with van der Waals surface area (Å²) in [5.41, 5.74) is 2.97. The van der Waals surface area contributed by atoms with Crippen LogP contribution in [0, 0.1) is 0 Å². The van der Waals surface area contributed by atoms with Crippen LogP contribution in [0.4, 0.5) is 5.82 Å². The Morgan fingerprint density at radius 3 is 2.60 bits per heavy atom. The van der Waals surface area contributed by atoms with Crippen LogP contribution in [0.1, 0.15) is 21.6 Å². The summed E-state index contributed by atoms with van der Waals surface area (Å²) in [6.07, 6.45) is 0. The number of rotatable bonds is 4. The fraction of sp³-hybridized carbons (Fsp3) is 0.130. The van der Waals surface area contributed by atoms with Gasteiger partial charge < -0.3 is 10.1 Å². The van der Waals surface area contributed by atoms with Crippen LogP contribution < -0.4 is 10.1 Å². The minimum atomic E-state index is -0.997. The zero-order chi connectivity index (χ0) is 20.7. The predicted octanol–water partition coefficient (Wildman–Crippen LogP) is 4.05. The fourth-order valence-electron chi connectivity index (χ4n) is 3.76. The number of aromatic nitrogens is 2. The molecule has 0 aliphatic carbocycles. The summed E-state index contributed by atoms with van der Waals surface area (Å²) in [6, 6.07) is 20.9. The molecular weight excluding hydrogens is 398 g/mol. The maximum Gasteiger partial charge on any atom is 0.257 e. The number of fused-ring (bicyclic) bond motifs is 2. The number of benzene rings is 3. The van der Waals surface area contributed by atoms with Gasteiger partial charge in [0.25, 0.3) is 5.91 Å². The average molecular weight is 417 g/mol. The first-order valence-corrected chi connectivity index (χ1v) is 11.0. The van der Waals surface area contributed by atoms with E-state index in [0.29, 0.717) is 22.9 Å². The maximum atomic E-state index is 13.2. The van der Waals surface area contributed by atoms with Gasteiger partial charge in [-0.3, -0.25) is 9.00 Å². The van der Waals surface area contributed by atoms with Crippen LogP contribution in [0.25, 0.3) is 16.5 Å². The second-order valence-corrected chi connectivity index (χ2v) is 8.55. The summed E-state index contributed by atoms with van der Waals surface area (Å²) < 4.78 is 19.1. The zero-order valence-electron chi connectivity index (χ0n) is 16.3. The Hall–Kier alpha value is -3.45. The summed E-state index contributed by atoms with van der Waals surface area (Å²) in [6.45, 7) is 0. The lowest BCUT2D eigenvalue weighted by atomic mass is 10.0. The Morgan fingerprint density at radius 1 is 1.03 bits per heavy atom. The SMILES string of the molecule is COc1ccc(-n2nc3c(c2NC(=O)c2cccc4ccccc24)CS(=O)C3)cc1. The van der Waals surface area contributed by atoms with Gasteiger partial charge in [0, 0.05) is 21.9 Å². The van der Waals surface area contributed by atoms with Gasteiger partial charge in [0.05, 0.1) is 30.0 Å². The highest BCUT2D eigenvalue weighted by Crippen LogP contribution is 2.32. The third-order valence-corrected chi connectivity index (χ3v) is 6.46. The van der Waals surface area contributed by atoms with Crippen molar-refractivity contribution < 1.29 is 13.7 Å². The van der Waals surface area contributed by atoms with E-state index in [2.05, 4.69) is 10.4 Å². The number of carbonyl (C=O) groups excluding carboxylic acids is 1. The van der Waals surface area contributed by atoms with Crippen molar-refractivity contribution in [1.29, 1.82) is 0 Å². The van der Waals surface area contributed by atoms with Gasteiger partial charge in [0.1, 0.15) is 11.6 Å². The molecule has 30 heavy (non-hydrogen) atoms. The molecule has 0 saturated carbocycles. The van der Waals surface area contributed by atoms with Crippen molar-refractivity contribution in [1.82, 2.24) is 9.78 Å². The molecule has 0 spiro atoms. The quantitative estimate of drug-likeness (QED) is 0.544. The zero-order valence-corrected chi connectivity index (χ0v) is 17.1. The molecule has 1 N–H and O–H groups in total. The van der Waals surface area contributed by atoms with Crippen LogP contribution in [0.2, 0.25) is 0 Å². The third-order valence-electron chi connectivity index (χ3n) is 5.25. The average Bonchev–Trinajstić information content (AvgIpc) is 3.30. The first-order valence-electron chi connectivity index (χ1n) is 9.53. The van der Waals surface area contributed by atoms with Crippen LogP contribution >= 0.6 is 0 Å². The number of hydrogen-bond acceptors (Lipinski definition) is 4. The van der Waals surface area contributed by atoms with Crippen LogP contribution in [0.3, 0.4) is 0 Å². The lowest BCUT2D eigenvalue weighted by Gasteiger charge is -2.12. The summed E-state index contributed by atoms with van der Waals surface area (Å²) in [7, 11) is 0.617. The molecule has 0 radical (unpaired) electrons. The maximum absolute atomic E-state index is 13.2. The van der Waals surface area contributed by atoms with Crippen molar-refractivity contribution in [3.05, 3.63) is 83.6 Å². The predicted molar refractivity (Wildman–Crippen MR) is 118 cm³/mol. The molecule has 1 aliphatic heterocycles. The first-order chi connectivity index (χ1) is 14.6. The molecule has 1 aliphatic rings. The number of ether oxygens (including phenoxy) is 1. The van der Waals surface area contributed by atoms with E-state index in [1.54, 1.807) is 11.8 Å². The van der Waals surface area contributed by atoms with Crippen molar-refractivity contribution in [3.8, 4) is 11.4 Å². The van der Waals surface area contributed by atoms with E-state index in [-0.39, 0.29) is 5.91 Å². The summed E-state index contributed by atoms with van der Waals surface area (Å²) in [5, 5.41) is 9.57. The molecule has 4 aromatic rings. The largest absolute Gasteiger partial charge is 0.497 e. The standard InChI is InChI=1S/C23H19N3O3S/c1-29-17-11-9-16(10-12-17)26-22(20-13-30(28)14-21(20)25-26)24-23(27)19-8-4-6-15-5-2-3-7-18(15)19/h2-12H,13-14H2,1H3,(H,24,27). The second-order valence-electron chi connectivity index (χ2n) is 7.09. The highest BCUT2D eigenvalue weighted by molar-refractivity contribution is 7.83. The van der Waals surface area contributed by atoms with Gasteiger partial charge in [-0.05, 0) is 41.1 Å². The molecule has 0 fully saturated rings. The smallest absolute Gasteiger partial charge is 0.257 e. The second kappa shape index (κ2) is 7.42. The van der Waals surface area contributed by atoms with Gasteiger partial charge in [-0.1, -0.05) is 36.4 Å². The van der Waals surface area contributed by atoms with Crippen LogP contribution in [0.15, 0.2) is 66.7 Å². The summed E-state index contributed by atoms with van der Waals surface area (Å²) >= 11 is 0. The molecule has 1 atom stereocenters. The molecule has 1 amide bonds. The van der Waals surface area contributed by atoms with E-state index in [0.717, 1.165) is 33.5 Å². The highest BCUT2D eigenvalue weighted by atomic mass is 32.2. The van der Waals surface area contributed by atoms with Crippen molar-refractivity contribution in [2.75, 3.05) is 12.4 Å². The van der Waals surface area contributed by atoms with Crippen molar-refractivity contribution in [3.63, 3.8) is 0 Å². The summed E-state index contributed by atoms with van der Waals surface area (Å²) in [5.74, 6) is 1.87. The molecular formula is C23H19N3O3S. The first kappa shape index (κ1) is 18.6. The molecule has 7 heteroatoms. The van der Waals surface area contributed by atoms with Gasteiger partial charge in [-0.15, -0.1) is 0 Å². The Balaban J connectivity index is 1.57. The van der Waals surface area contributed by atoms with Gasteiger partial charge in [-0.2, -0.15) is 5.10 Å². The third kappa shape index (κ3) is 3.17. The van der Waals surface area contributed by atoms with E-state index in [1.807, 2.05) is 66.7 Å². The molecule has 2 heterocycles. The topological polar surface area (TPSA) is 73.2 Å². The van der Waals surface area contributed by atoms with Crippen LogP contribution in [-0.4, -0.2) is 27.0 Å². The highest BCUT2D eigenvalue weighted by Gasteiger charge is 2.28. The van der Waals surface area contributed by atoms with Crippen molar-refractivity contribution in [2.45, 2.75) is 11.5 Å². The molecule has 0 saturated heterocycles. The molecule has 1 unspecified atom stereocenters. The Morgan fingerprint density at radius 2 is 1.80 bits per heavy atom. The number of nitrogens with zero attached hydrogens (tertiary/aromatic N) is 2. The number of nitrogens with one attached hydrogen (secondary N) is 1. The molecule has 150 valence electrons. The Kier molecular flexibility index (Phi) is 4.59. The molecule has 0 bridgehead atoms. The minimum absolute atomic E-state index is 0.220. The number of methoxy groups -OCH3 is 1. The monoisotopic (exact) mass is 417 g/mol. The van der Waals surface area contributed by atoms with E-state index >= 15 is 0 Å². The van der Waals surface area contributed by atoms with Gasteiger partial charge in [-0.25, -0.2) is 4.68 Å². The molecule has 5 rings (SSSR count). The van der Waals surface area contributed by atoms with E-state index in [1.165, 1.54) is 0 Å². The normalized spacial score (nSPS) is 15.2. The number of carbonyl (C=O) groups is 1. The molecule has 1 aromatic heterocycles. The Labute approximate surface area is 175 Å². The van der Waals surface area contributed by atoms with E-state index < -0.39 is 10.8 Å². The molecule has 3 aromatic carbocycles. The van der Waals surface area contributed by atoms with Crippen molar-refractivity contribution in [2.24, 2.45) is 0 Å². The fourth-order valence-corrected chi connectivity index (χ4v) is 5.03. The molecule has 6 nitrogen and oxygen atoms in total. The van der Waals surface area contributed by atoms with E-state index in [9.17, 15) is 9.00 Å². The van der Waals surface area contributed by atoms with Gasteiger partial charge in [0.15, 0.2) is 0 Å². The van der Waals surface area contributed by atoms with Crippen molar-refractivity contribution >= 4 is 33.3 Å². The minimum Gasteiger partial charge on any atom is -0.497 e.